The summed E-state index contributed by atoms with van der Waals surface area (Å²) in [5.74, 6) is -1.29. The first kappa shape index (κ1) is 22.4. The van der Waals surface area contributed by atoms with Gasteiger partial charge in [-0.3, -0.25) is 0 Å². The number of halogens is 2. The summed E-state index contributed by atoms with van der Waals surface area (Å²) in [6.45, 7) is 3.37. The third kappa shape index (κ3) is 4.84. The number of hydrogen-bond donors (Lipinski definition) is 0. The fourth-order valence-corrected chi connectivity index (χ4v) is 4.92. The van der Waals surface area contributed by atoms with Crippen LogP contribution in [0.15, 0.2) is 23.4 Å². The van der Waals surface area contributed by atoms with Crippen LogP contribution in [-0.4, -0.2) is 56.4 Å². The van der Waals surface area contributed by atoms with E-state index in [2.05, 4.69) is 10.1 Å². The molecule has 3 heterocycles. The molecule has 1 aromatic heterocycles. The number of nitrogens with zero attached hydrogens (tertiary/aromatic N) is 4. The normalized spacial score (nSPS) is 18.0. The van der Waals surface area contributed by atoms with Gasteiger partial charge in [-0.05, 0) is 44.4 Å². The summed E-state index contributed by atoms with van der Waals surface area (Å²) in [5, 5.41) is 6.25. The van der Waals surface area contributed by atoms with Gasteiger partial charge in [-0.1, -0.05) is 41.4 Å². The molecular formula is C20H22Cl2N4O4S. The zero-order valence-electron chi connectivity index (χ0n) is 17.0. The van der Waals surface area contributed by atoms with E-state index in [4.69, 9.17) is 32.7 Å². The van der Waals surface area contributed by atoms with Crippen LogP contribution in [0.25, 0.3) is 5.69 Å². The molecule has 2 fully saturated rings. The number of unbranched alkanes of at least 4 members (excludes halogenated alkanes) is 2. The van der Waals surface area contributed by atoms with Crippen LogP contribution in [0.4, 0.5) is 0 Å². The van der Waals surface area contributed by atoms with Gasteiger partial charge in [-0.15, -0.1) is 5.10 Å². The number of carbonyl (C=O) groups excluding carboxylic acids is 2. The highest BCUT2D eigenvalue weighted by Gasteiger charge is 2.55. The second-order valence-electron chi connectivity index (χ2n) is 7.44. The van der Waals surface area contributed by atoms with Gasteiger partial charge >= 0.3 is 17.8 Å². The Balaban J connectivity index is 1.22. The van der Waals surface area contributed by atoms with E-state index < -0.39 is 17.8 Å². The maximum Gasteiger partial charge on any atom is 0.421 e. The molecule has 31 heavy (non-hydrogen) atoms. The van der Waals surface area contributed by atoms with Gasteiger partial charge in [0.1, 0.15) is 5.82 Å². The van der Waals surface area contributed by atoms with E-state index in [1.54, 1.807) is 28.6 Å². The largest absolute Gasteiger partial charge is 0.421 e. The molecule has 11 heteroatoms. The van der Waals surface area contributed by atoms with Crippen molar-refractivity contribution in [1.29, 1.82) is 0 Å². The number of rotatable bonds is 8. The number of benzene rings is 1. The molecule has 0 atom stereocenters. The third-order valence-corrected chi connectivity index (χ3v) is 6.94. The van der Waals surface area contributed by atoms with E-state index in [0.717, 1.165) is 49.5 Å². The Morgan fingerprint density at radius 1 is 1.13 bits per heavy atom. The monoisotopic (exact) mass is 484 g/mol. The Labute approximate surface area is 194 Å². The summed E-state index contributed by atoms with van der Waals surface area (Å²) < 4.78 is 12.2. The molecule has 0 unspecified atom stereocenters. The minimum absolute atomic E-state index is 0.477. The molecule has 1 spiro atoms. The van der Waals surface area contributed by atoms with Gasteiger partial charge in [0.25, 0.3) is 0 Å². The molecule has 0 amide bonds. The predicted octanol–water partition coefficient (Wildman–Crippen LogP) is 3.99. The number of hydrogen-bond acceptors (Lipinski definition) is 8. The van der Waals surface area contributed by atoms with Gasteiger partial charge in [0.05, 0.1) is 15.7 Å². The van der Waals surface area contributed by atoms with Crippen molar-refractivity contribution in [1.82, 2.24) is 19.7 Å². The molecule has 2 aliphatic rings. The highest BCUT2D eigenvalue weighted by Crippen LogP contribution is 2.36. The first-order valence-corrected chi connectivity index (χ1v) is 11.9. The maximum absolute atomic E-state index is 11.4. The minimum atomic E-state index is -1.16. The van der Waals surface area contributed by atoms with Crippen molar-refractivity contribution in [2.24, 2.45) is 0 Å². The molecule has 8 nitrogen and oxygen atoms in total. The van der Waals surface area contributed by atoms with Crippen LogP contribution < -0.4 is 0 Å². The SMILES string of the molecule is Cc1nc(SCCCCCN2CCCC23OC(=O)C(=O)O3)nn1-c1ccc(Cl)c(Cl)c1. The molecular weight excluding hydrogens is 463 g/mol. The molecule has 4 rings (SSSR count). The van der Waals surface area contributed by atoms with Crippen LogP contribution in [0.1, 0.15) is 37.9 Å². The molecule has 0 bridgehead atoms. The van der Waals surface area contributed by atoms with Crippen LogP contribution in [-0.2, 0) is 19.1 Å². The quantitative estimate of drug-likeness (QED) is 0.240. The molecule has 166 valence electrons. The van der Waals surface area contributed by atoms with Crippen LogP contribution in [0, 0.1) is 6.92 Å². The number of thioether (sulfide) groups is 1. The summed E-state index contributed by atoms with van der Waals surface area (Å²) in [5.41, 5.74) is 0.819. The second kappa shape index (κ2) is 9.36. The molecule has 0 saturated carbocycles. The molecule has 1 aromatic carbocycles. The van der Waals surface area contributed by atoms with E-state index in [1.165, 1.54) is 0 Å². The first-order valence-electron chi connectivity index (χ1n) is 10.1. The lowest BCUT2D eigenvalue weighted by Gasteiger charge is -2.30. The van der Waals surface area contributed by atoms with Crippen LogP contribution in [0.2, 0.25) is 10.0 Å². The lowest BCUT2D eigenvalue weighted by atomic mass is 10.2. The van der Waals surface area contributed by atoms with E-state index in [-0.39, 0.29) is 0 Å². The number of esters is 2. The molecule has 0 aliphatic carbocycles. The van der Waals surface area contributed by atoms with Crippen molar-refractivity contribution < 1.29 is 19.1 Å². The van der Waals surface area contributed by atoms with E-state index in [0.29, 0.717) is 28.2 Å². The zero-order valence-corrected chi connectivity index (χ0v) is 19.3. The number of aromatic nitrogens is 3. The Morgan fingerprint density at radius 2 is 1.90 bits per heavy atom. The molecule has 2 saturated heterocycles. The average molecular weight is 485 g/mol. The molecule has 0 radical (unpaired) electrons. The summed E-state index contributed by atoms with van der Waals surface area (Å²) in [6, 6.07) is 5.36. The standard InChI is InChI=1S/C20H22Cl2N4O4S/c1-13-23-19(24-26(13)14-6-7-15(21)16(22)12-14)31-11-4-2-3-9-25-10-5-8-20(25)29-17(27)18(28)30-20/h6-7,12H,2-5,8-11H2,1H3. The maximum atomic E-state index is 11.4. The number of ether oxygens (including phenoxy) is 2. The van der Waals surface area contributed by atoms with Gasteiger partial charge in [0, 0.05) is 25.3 Å². The molecule has 0 N–H and O–H groups in total. The van der Waals surface area contributed by atoms with E-state index in [9.17, 15) is 9.59 Å². The lowest BCUT2D eigenvalue weighted by Crippen LogP contribution is -2.45. The predicted molar refractivity (Wildman–Crippen MR) is 116 cm³/mol. The van der Waals surface area contributed by atoms with Crippen molar-refractivity contribution in [3.8, 4) is 5.69 Å². The number of likely N-dealkylation sites (tertiary alicyclic amines) is 1. The molecule has 2 aliphatic heterocycles. The fraction of sp³-hybridized carbons (Fsp3) is 0.500. The van der Waals surface area contributed by atoms with Crippen molar-refractivity contribution in [3.63, 3.8) is 0 Å². The van der Waals surface area contributed by atoms with Crippen molar-refractivity contribution in [3.05, 3.63) is 34.1 Å². The fourth-order valence-electron chi connectivity index (χ4n) is 3.76. The topological polar surface area (TPSA) is 86.6 Å². The minimum Gasteiger partial charge on any atom is -0.400 e. The second-order valence-corrected chi connectivity index (χ2v) is 9.32. The number of carbonyl (C=O) groups is 2. The third-order valence-electron chi connectivity index (χ3n) is 5.27. The van der Waals surface area contributed by atoms with Crippen LogP contribution in [0.5, 0.6) is 0 Å². The lowest BCUT2D eigenvalue weighted by molar-refractivity contribution is -0.234. The van der Waals surface area contributed by atoms with Gasteiger partial charge in [0.15, 0.2) is 0 Å². The van der Waals surface area contributed by atoms with Crippen molar-refractivity contribution in [2.75, 3.05) is 18.8 Å². The van der Waals surface area contributed by atoms with Crippen LogP contribution >= 0.6 is 35.0 Å². The van der Waals surface area contributed by atoms with Gasteiger partial charge in [0.2, 0.25) is 5.16 Å². The summed E-state index contributed by atoms with van der Waals surface area (Å²) >= 11 is 13.7. The van der Waals surface area contributed by atoms with Gasteiger partial charge in [-0.2, -0.15) is 0 Å². The Bertz CT molecular complexity index is 984. The smallest absolute Gasteiger partial charge is 0.400 e. The summed E-state index contributed by atoms with van der Waals surface area (Å²) in [6.07, 6.45) is 4.27. The van der Waals surface area contributed by atoms with Gasteiger partial charge in [-0.25, -0.2) is 24.2 Å². The van der Waals surface area contributed by atoms with Crippen LogP contribution in [0.3, 0.4) is 0 Å². The van der Waals surface area contributed by atoms with E-state index >= 15 is 0 Å². The number of aryl methyl sites for hydroxylation is 1. The molecule has 2 aromatic rings. The first-order chi connectivity index (χ1) is 14.9. The van der Waals surface area contributed by atoms with Crippen molar-refractivity contribution in [2.45, 2.75) is 50.1 Å². The van der Waals surface area contributed by atoms with Crippen molar-refractivity contribution >= 4 is 46.9 Å². The highest BCUT2D eigenvalue weighted by atomic mass is 35.5. The van der Waals surface area contributed by atoms with Gasteiger partial charge < -0.3 is 9.47 Å². The van der Waals surface area contributed by atoms with E-state index in [1.807, 2.05) is 17.9 Å². The zero-order chi connectivity index (χ0) is 22.0. The highest BCUT2D eigenvalue weighted by molar-refractivity contribution is 7.99. The average Bonchev–Trinajstić information content (AvgIpc) is 3.38. The Kier molecular flexibility index (Phi) is 6.76. The summed E-state index contributed by atoms with van der Waals surface area (Å²) in [4.78, 5) is 29.3. The Morgan fingerprint density at radius 3 is 2.65 bits per heavy atom. The Hall–Kier alpha value is -1.81. The summed E-state index contributed by atoms with van der Waals surface area (Å²) in [7, 11) is 0.